The summed E-state index contributed by atoms with van der Waals surface area (Å²) in [5.41, 5.74) is 0.717. The van der Waals surface area contributed by atoms with Crippen molar-refractivity contribution in [1.82, 2.24) is 0 Å². The van der Waals surface area contributed by atoms with E-state index in [1.807, 2.05) is 13.8 Å². The van der Waals surface area contributed by atoms with Crippen molar-refractivity contribution >= 4 is 5.97 Å². The van der Waals surface area contributed by atoms with Crippen LogP contribution in [0.2, 0.25) is 0 Å². The number of hydrogen-bond donors (Lipinski definition) is 1. The largest absolute Gasteiger partial charge is 0.510 e. The second-order valence-electron chi connectivity index (χ2n) is 3.01. The van der Waals surface area contributed by atoms with Gasteiger partial charge in [-0.15, -0.1) is 0 Å². The number of carbonyl (C=O) groups excluding carboxylic acids is 1. The van der Waals surface area contributed by atoms with E-state index >= 15 is 0 Å². The SMILES string of the molecule is CCOC(=O)C(C#N)C(O)=C(CC)CC. The third kappa shape index (κ3) is 3.62. The molecule has 1 atom stereocenters. The summed E-state index contributed by atoms with van der Waals surface area (Å²) in [6.45, 7) is 5.61. The van der Waals surface area contributed by atoms with Gasteiger partial charge in [0.25, 0.3) is 0 Å². The Morgan fingerprint density at radius 3 is 2.27 bits per heavy atom. The minimum absolute atomic E-state index is 0.152. The second kappa shape index (κ2) is 6.88. The Morgan fingerprint density at radius 2 is 1.93 bits per heavy atom. The van der Waals surface area contributed by atoms with Gasteiger partial charge in [-0.1, -0.05) is 13.8 Å². The molecule has 0 aromatic carbocycles. The Kier molecular flexibility index (Phi) is 6.19. The average Bonchev–Trinajstić information content (AvgIpc) is 2.21. The number of aliphatic hydroxyl groups excluding tert-OH is 1. The highest BCUT2D eigenvalue weighted by Crippen LogP contribution is 2.18. The standard InChI is InChI=1S/C11H17NO3/c1-4-8(5-2)10(13)9(7-12)11(14)15-6-3/h9,13H,4-6H2,1-3H3. The molecule has 4 heteroatoms. The van der Waals surface area contributed by atoms with Crippen LogP contribution in [0.5, 0.6) is 0 Å². The van der Waals surface area contributed by atoms with Gasteiger partial charge >= 0.3 is 5.97 Å². The molecule has 0 aliphatic heterocycles. The van der Waals surface area contributed by atoms with Crippen molar-refractivity contribution in [2.45, 2.75) is 33.6 Å². The molecule has 0 aromatic heterocycles. The van der Waals surface area contributed by atoms with Gasteiger partial charge < -0.3 is 9.84 Å². The van der Waals surface area contributed by atoms with E-state index in [1.54, 1.807) is 13.0 Å². The van der Waals surface area contributed by atoms with E-state index in [9.17, 15) is 9.90 Å². The second-order valence-corrected chi connectivity index (χ2v) is 3.01. The van der Waals surface area contributed by atoms with Crippen molar-refractivity contribution in [2.75, 3.05) is 6.61 Å². The zero-order valence-corrected chi connectivity index (χ0v) is 9.41. The van der Waals surface area contributed by atoms with Crippen LogP contribution in [-0.2, 0) is 9.53 Å². The predicted molar refractivity (Wildman–Crippen MR) is 56.0 cm³/mol. The minimum Gasteiger partial charge on any atom is -0.510 e. The molecule has 0 spiro atoms. The Balaban J connectivity index is 4.90. The van der Waals surface area contributed by atoms with E-state index in [0.29, 0.717) is 12.8 Å². The normalized spacial score (nSPS) is 11.3. The molecule has 1 unspecified atom stereocenters. The maximum atomic E-state index is 11.3. The van der Waals surface area contributed by atoms with Gasteiger partial charge in [0.2, 0.25) is 0 Å². The van der Waals surface area contributed by atoms with Crippen molar-refractivity contribution in [1.29, 1.82) is 5.26 Å². The maximum Gasteiger partial charge on any atom is 0.331 e. The number of allylic oxidation sites excluding steroid dienone is 1. The molecule has 0 saturated carbocycles. The van der Waals surface area contributed by atoms with Crippen molar-refractivity contribution in [2.24, 2.45) is 5.92 Å². The summed E-state index contributed by atoms with van der Waals surface area (Å²) in [4.78, 5) is 11.3. The zero-order chi connectivity index (χ0) is 11.8. The Morgan fingerprint density at radius 1 is 1.40 bits per heavy atom. The summed E-state index contributed by atoms with van der Waals surface area (Å²) in [5.74, 6) is -2.02. The number of ether oxygens (including phenoxy) is 1. The van der Waals surface area contributed by atoms with Crippen LogP contribution in [0.15, 0.2) is 11.3 Å². The van der Waals surface area contributed by atoms with Crippen molar-refractivity contribution in [3.8, 4) is 6.07 Å². The molecule has 0 amide bonds. The molecule has 0 aliphatic rings. The molecule has 0 fully saturated rings. The van der Waals surface area contributed by atoms with Crippen molar-refractivity contribution in [3.63, 3.8) is 0 Å². The van der Waals surface area contributed by atoms with Crippen LogP contribution in [0, 0.1) is 17.2 Å². The number of esters is 1. The summed E-state index contributed by atoms with van der Waals surface area (Å²) < 4.78 is 4.70. The summed E-state index contributed by atoms with van der Waals surface area (Å²) in [7, 11) is 0. The molecule has 4 nitrogen and oxygen atoms in total. The van der Waals surface area contributed by atoms with Gasteiger partial charge in [0.05, 0.1) is 12.7 Å². The van der Waals surface area contributed by atoms with Gasteiger partial charge in [-0.05, 0) is 25.3 Å². The fraction of sp³-hybridized carbons (Fsp3) is 0.636. The monoisotopic (exact) mass is 211 g/mol. The fourth-order valence-corrected chi connectivity index (χ4v) is 1.27. The van der Waals surface area contributed by atoms with E-state index in [1.165, 1.54) is 0 Å². The molecule has 1 N–H and O–H groups in total. The average molecular weight is 211 g/mol. The molecule has 0 heterocycles. The number of rotatable bonds is 5. The summed E-state index contributed by atoms with van der Waals surface area (Å²) in [6, 6.07) is 1.75. The molecule has 15 heavy (non-hydrogen) atoms. The molecule has 0 bridgehead atoms. The van der Waals surface area contributed by atoms with E-state index in [4.69, 9.17) is 10.00 Å². The number of hydrogen-bond acceptors (Lipinski definition) is 4. The smallest absolute Gasteiger partial charge is 0.331 e. The molecule has 84 valence electrons. The number of nitriles is 1. The first-order valence-corrected chi connectivity index (χ1v) is 5.09. The van der Waals surface area contributed by atoms with Crippen LogP contribution in [0.1, 0.15) is 33.6 Å². The first-order chi connectivity index (χ1) is 7.12. The van der Waals surface area contributed by atoms with E-state index in [2.05, 4.69) is 0 Å². The third-order valence-corrected chi connectivity index (χ3v) is 2.14. The predicted octanol–water partition coefficient (Wildman–Crippen LogP) is 2.32. The zero-order valence-electron chi connectivity index (χ0n) is 9.41. The van der Waals surface area contributed by atoms with Gasteiger partial charge in [-0.2, -0.15) is 5.26 Å². The van der Waals surface area contributed by atoms with Gasteiger partial charge in [-0.3, -0.25) is 4.79 Å². The highest BCUT2D eigenvalue weighted by Gasteiger charge is 2.25. The van der Waals surface area contributed by atoms with Gasteiger partial charge in [0, 0.05) is 0 Å². The highest BCUT2D eigenvalue weighted by molar-refractivity contribution is 5.78. The lowest BCUT2D eigenvalue weighted by molar-refractivity contribution is -0.145. The summed E-state index contributed by atoms with van der Waals surface area (Å²) in [6.07, 6.45) is 1.25. The molecule has 0 saturated heterocycles. The molecule has 0 aliphatic carbocycles. The molecular weight excluding hydrogens is 194 g/mol. The first-order valence-electron chi connectivity index (χ1n) is 5.09. The molecule has 0 radical (unpaired) electrons. The number of aliphatic hydroxyl groups is 1. The number of carbonyl (C=O) groups is 1. The van der Waals surface area contributed by atoms with Crippen molar-refractivity contribution in [3.05, 3.63) is 11.3 Å². The topological polar surface area (TPSA) is 70.3 Å². The third-order valence-electron chi connectivity index (χ3n) is 2.14. The Hall–Kier alpha value is -1.50. The Labute approximate surface area is 90.2 Å². The first kappa shape index (κ1) is 13.5. The van der Waals surface area contributed by atoms with Crippen molar-refractivity contribution < 1.29 is 14.6 Å². The lowest BCUT2D eigenvalue weighted by Gasteiger charge is -2.11. The summed E-state index contributed by atoms with van der Waals surface area (Å²) >= 11 is 0. The Bertz CT molecular complexity index is 283. The fourth-order valence-electron chi connectivity index (χ4n) is 1.27. The van der Waals surface area contributed by atoms with Crippen LogP contribution < -0.4 is 0 Å². The van der Waals surface area contributed by atoms with Crippen LogP contribution in [0.25, 0.3) is 0 Å². The lowest BCUT2D eigenvalue weighted by Crippen LogP contribution is -2.19. The highest BCUT2D eigenvalue weighted by atomic mass is 16.5. The van der Waals surface area contributed by atoms with E-state index in [0.717, 1.165) is 5.57 Å². The van der Waals surface area contributed by atoms with Crippen LogP contribution >= 0.6 is 0 Å². The summed E-state index contributed by atoms with van der Waals surface area (Å²) in [5, 5.41) is 18.5. The van der Waals surface area contributed by atoms with Crippen LogP contribution in [0.4, 0.5) is 0 Å². The van der Waals surface area contributed by atoms with Gasteiger partial charge in [0.1, 0.15) is 5.76 Å². The van der Waals surface area contributed by atoms with Gasteiger partial charge in [-0.25, -0.2) is 0 Å². The molecule has 0 aromatic rings. The van der Waals surface area contributed by atoms with Gasteiger partial charge in [0.15, 0.2) is 5.92 Å². The molecule has 0 rings (SSSR count). The lowest BCUT2D eigenvalue weighted by atomic mass is 10.0. The quantitative estimate of drug-likeness (QED) is 0.559. The minimum atomic E-state index is -1.18. The number of nitrogens with zero attached hydrogens (tertiary/aromatic N) is 1. The van der Waals surface area contributed by atoms with Crippen LogP contribution in [0.3, 0.4) is 0 Å². The van der Waals surface area contributed by atoms with E-state index < -0.39 is 11.9 Å². The van der Waals surface area contributed by atoms with E-state index in [-0.39, 0.29) is 12.4 Å². The van der Waals surface area contributed by atoms with Crippen LogP contribution in [-0.4, -0.2) is 17.7 Å². The molecular formula is C11H17NO3. The maximum absolute atomic E-state index is 11.3.